The molecule has 0 saturated carbocycles. The van der Waals surface area contributed by atoms with Crippen molar-refractivity contribution in [1.29, 1.82) is 0 Å². The van der Waals surface area contributed by atoms with Crippen LogP contribution in [-0.2, 0) is 4.79 Å². The van der Waals surface area contributed by atoms with Gasteiger partial charge in [-0.3, -0.25) is 4.79 Å². The average Bonchev–Trinajstić information content (AvgIpc) is 2.45. The van der Waals surface area contributed by atoms with Gasteiger partial charge in [0.1, 0.15) is 12.1 Å². The number of aromatic hydroxyl groups is 1. The lowest BCUT2D eigenvalue weighted by Crippen LogP contribution is -2.30. The Hall–Kier alpha value is -2.44. The van der Waals surface area contributed by atoms with E-state index in [1.165, 1.54) is 23.1 Å². The third-order valence-electron chi connectivity index (χ3n) is 3.06. The maximum Gasteiger partial charge on any atom is 0.339 e. The number of primary amides is 1. The van der Waals surface area contributed by atoms with Crippen molar-refractivity contribution in [3.05, 3.63) is 52.0 Å². The van der Waals surface area contributed by atoms with Gasteiger partial charge in [0.2, 0.25) is 5.91 Å². The number of rotatable bonds is 5. The van der Waals surface area contributed by atoms with Crippen LogP contribution in [0.15, 0.2) is 36.4 Å². The fourth-order valence-electron chi connectivity index (χ4n) is 2.11. The van der Waals surface area contributed by atoms with Gasteiger partial charge in [0.15, 0.2) is 5.75 Å². The van der Waals surface area contributed by atoms with E-state index in [4.69, 9.17) is 34.0 Å². The summed E-state index contributed by atoms with van der Waals surface area (Å²) in [5, 5.41) is 19.8. The van der Waals surface area contributed by atoms with Crippen LogP contribution in [0.2, 0.25) is 10.0 Å². The summed E-state index contributed by atoms with van der Waals surface area (Å²) in [6.45, 7) is -0.347. The first-order valence-corrected chi connectivity index (χ1v) is 7.13. The van der Waals surface area contributed by atoms with Crippen LogP contribution in [0.25, 0.3) is 0 Å². The summed E-state index contributed by atoms with van der Waals surface area (Å²) >= 11 is 12.3. The normalized spacial score (nSPS) is 10.3. The zero-order valence-electron chi connectivity index (χ0n) is 11.7. The molecule has 120 valence electrons. The van der Waals surface area contributed by atoms with Crippen molar-refractivity contribution in [3.8, 4) is 5.75 Å². The predicted molar refractivity (Wildman–Crippen MR) is 87.7 cm³/mol. The number of carboxylic acid groups (broad SMARTS) is 1. The van der Waals surface area contributed by atoms with Crippen LogP contribution < -0.4 is 10.6 Å². The Morgan fingerprint density at radius 1 is 1.09 bits per heavy atom. The van der Waals surface area contributed by atoms with Gasteiger partial charge in [0, 0.05) is 0 Å². The monoisotopic (exact) mass is 354 g/mol. The highest BCUT2D eigenvalue weighted by atomic mass is 35.5. The van der Waals surface area contributed by atoms with Crippen LogP contribution in [0.1, 0.15) is 10.4 Å². The molecule has 4 N–H and O–H groups in total. The van der Waals surface area contributed by atoms with Gasteiger partial charge in [-0.2, -0.15) is 0 Å². The lowest BCUT2D eigenvalue weighted by molar-refractivity contribution is -0.116. The molecule has 2 rings (SSSR count). The molecule has 0 fully saturated rings. The summed E-state index contributed by atoms with van der Waals surface area (Å²) in [6, 6.07) is 8.81. The molecule has 0 heterocycles. The highest BCUT2D eigenvalue weighted by molar-refractivity contribution is 6.39. The van der Waals surface area contributed by atoms with Crippen LogP contribution >= 0.6 is 23.2 Å². The first-order valence-electron chi connectivity index (χ1n) is 6.38. The number of nitrogens with two attached hydrogens (primary N) is 1. The molecule has 0 atom stereocenters. The molecule has 23 heavy (non-hydrogen) atoms. The van der Waals surface area contributed by atoms with Crippen molar-refractivity contribution >= 4 is 46.5 Å². The highest BCUT2D eigenvalue weighted by Crippen LogP contribution is 2.41. The number of aromatic carboxylic acids is 1. The lowest BCUT2D eigenvalue weighted by Gasteiger charge is -2.26. The third-order valence-corrected chi connectivity index (χ3v) is 3.67. The largest absolute Gasteiger partial charge is 0.505 e. The van der Waals surface area contributed by atoms with Gasteiger partial charge in [-0.25, -0.2) is 4.79 Å². The Morgan fingerprint density at radius 2 is 1.65 bits per heavy atom. The molecule has 6 nitrogen and oxygen atoms in total. The second kappa shape index (κ2) is 6.76. The Balaban J connectivity index is 2.68. The summed E-state index contributed by atoms with van der Waals surface area (Å²) in [6.07, 6.45) is 0. The molecule has 8 heteroatoms. The van der Waals surface area contributed by atoms with Gasteiger partial charge in [0.25, 0.3) is 0 Å². The number of carbonyl (C=O) groups is 2. The van der Waals surface area contributed by atoms with Crippen molar-refractivity contribution in [1.82, 2.24) is 0 Å². The zero-order valence-corrected chi connectivity index (χ0v) is 13.2. The zero-order chi connectivity index (χ0) is 17.1. The van der Waals surface area contributed by atoms with E-state index in [0.717, 1.165) is 0 Å². The topological polar surface area (TPSA) is 104 Å². The summed E-state index contributed by atoms with van der Waals surface area (Å²) in [7, 11) is 0. The summed E-state index contributed by atoms with van der Waals surface area (Å²) < 4.78 is 0. The number of hydrogen-bond donors (Lipinski definition) is 3. The SMILES string of the molecule is NC(=O)CN(c1cccc(C(=O)O)c1O)c1c(Cl)cccc1Cl. The number of nitrogens with zero attached hydrogens (tertiary/aromatic N) is 1. The molecule has 0 bridgehead atoms. The molecule has 0 saturated heterocycles. The van der Waals surface area contributed by atoms with Gasteiger partial charge in [-0.05, 0) is 24.3 Å². The van der Waals surface area contributed by atoms with E-state index >= 15 is 0 Å². The molecule has 1 amide bonds. The highest BCUT2D eigenvalue weighted by Gasteiger charge is 2.23. The van der Waals surface area contributed by atoms with Gasteiger partial charge in [-0.15, -0.1) is 0 Å². The molecule has 0 unspecified atom stereocenters. The van der Waals surface area contributed by atoms with Crippen molar-refractivity contribution in [2.24, 2.45) is 5.73 Å². The molecule has 0 aliphatic carbocycles. The van der Waals surface area contributed by atoms with E-state index in [2.05, 4.69) is 0 Å². The maximum absolute atomic E-state index is 11.4. The van der Waals surface area contributed by atoms with Crippen molar-refractivity contribution in [2.75, 3.05) is 11.4 Å². The minimum atomic E-state index is -1.31. The van der Waals surface area contributed by atoms with E-state index in [9.17, 15) is 14.7 Å². The maximum atomic E-state index is 11.4. The standard InChI is InChI=1S/C15H12Cl2N2O4/c16-9-4-2-5-10(17)13(9)19(7-12(18)20)11-6-1-3-8(14(11)21)15(22)23/h1-6,21H,7H2,(H2,18,20)(H,22,23). The summed E-state index contributed by atoms with van der Waals surface area (Å²) in [4.78, 5) is 23.8. The summed E-state index contributed by atoms with van der Waals surface area (Å²) in [5.74, 6) is -2.54. The van der Waals surface area contributed by atoms with Crippen LogP contribution in [0.5, 0.6) is 5.75 Å². The number of carboxylic acids is 1. The fraction of sp³-hybridized carbons (Fsp3) is 0.0667. The average molecular weight is 355 g/mol. The van der Waals surface area contributed by atoms with Gasteiger partial charge < -0.3 is 20.8 Å². The van der Waals surface area contributed by atoms with E-state index in [-0.39, 0.29) is 33.5 Å². The van der Waals surface area contributed by atoms with Crippen molar-refractivity contribution in [2.45, 2.75) is 0 Å². The molecule has 0 aromatic heterocycles. The van der Waals surface area contributed by atoms with E-state index in [1.54, 1.807) is 18.2 Å². The van der Waals surface area contributed by atoms with Crippen molar-refractivity contribution in [3.63, 3.8) is 0 Å². The lowest BCUT2D eigenvalue weighted by atomic mass is 10.1. The Morgan fingerprint density at radius 3 is 2.17 bits per heavy atom. The minimum Gasteiger partial charge on any atom is -0.505 e. The second-order valence-corrected chi connectivity index (χ2v) is 5.42. The fourth-order valence-corrected chi connectivity index (χ4v) is 2.71. The minimum absolute atomic E-state index is 0.0544. The second-order valence-electron chi connectivity index (χ2n) is 4.60. The smallest absolute Gasteiger partial charge is 0.339 e. The number of hydrogen-bond acceptors (Lipinski definition) is 4. The quantitative estimate of drug-likeness (QED) is 0.765. The molecule has 2 aromatic rings. The van der Waals surface area contributed by atoms with Gasteiger partial charge in [0.05, 0.1) is 21.4 Å². The number of halogens is 2. The first kappa shape index (κ1) is 16.9. The third kappa shape index (κ3) is 3.49. The van der Waals surface area contributed by atoms with Crippen LogP contribution in [-0.4, -0.2) is 28.6 Å². The molecule has 0 aliphatic heterocycles. The Bertz CT molecular complexity index is 760. The van der Waals surface area contributed by atoms with Gasteiger partial charge in [-0.1, -0.05) is 35.3 Å². The first-order chi connectivity index (χ1) is 10.8. The van der Waals surface area contributed by atoms with Crippen LogP contribution in [0.3, 0.4) is 0 Å². The van der Waals surface area contributed by atoms with Crippen LogP contribution in [0.4, 0.5) is 11.4 Å². The van der Waals surface area contributed by atoms with Crippen molar-refractivity contribution < 1.29 is 19.8 Å². The number of anilines is 2. The number of amides is 1. The van der Waals surface area contributed by atoms with E-state index in [0.29, 0.717) is 0 Å². The molecular weight excluding hydrogens is 343 g/mol. The number of carbonyl (C=O) groups excluding carboxylic acids is 1. The Labute approximate surface area is 141 Å². The molecular formula is C15H12Cl2N2O4. The molecule has 0 spiro atoms. The van der Waals surface area contributed by atoms with E-state index in [1.807, 2.05) is 0 Å². The number of benzene rings is 2. The number of phenols is 1. The summed E-state index contributed by atoms with van der Waals surface area (Å²) in [5.41, 5.74) is 5.23. The van der Waals surface area contributed by atoms with Crippen LogP contribution in [0, 0.1) is 0 Å². The molecule has 0 aliphatic rings. The van der Waals surface area contributed by atoms with E-state index < -0.39 is 17.6 Å². The molecule has 0 radical (unpaired) electrons. The Kier molecular flexibility index (Phi) is 4.98. The number of para-hydroxylation sites is 2. The predicted octanol–water partition coefficient (Wildman–Crippen LogP) is 3.02. The molecule has 2 aromatic carbocycles. The van der Waals surface area contributed by atoms with Gasteiger partial charge >= 0.3 is 5.97 Å².